The maximum Gasteiger partial charge on any atom is 0.107 e. The van der Waals surface area contributed by atoms with Crippen LogP contribution in [0.1, 0.15) is 23.5 Å². The van der Waals surface area contributed by atoms with E-state index >= 15 is 0 Å². The molecule has 0 aromatic carbocycles. The Kier molecular flexibility index (Phi) is 3.15. The first-order valence-electron chi connectivity index (χ1n) is 5.04. The Bertz CT molecular complexity index is 294. The second kappa shape index (κ2) is 4.38. The van der Waals surface area contributed by atoms with Crippen LogP contribution in [0.5, 0.6) is 0 Å². The topological polar surface area (TPSA) is 45.1 Å². The number of thiazole rings is 1. The molecule has 0 atom stereocenters. The molecule has 0 bridgehead atoms. The van der Waals surface area contributed by atoms with Crippen LogP contribution in [0.2, 0.25) is 0 Å². The van der Waals surface area contributed by atoms with Crippen molar-refractivity contribution in [3.63, 3.8) is 0 Å². The van der Waals surface area contributed by atoms with Gasteiger partial charge in [0.2, 0.25) is 0 Å². The third kappa shape index (κ3) is 2.53. The van der Waals surface area contributed by atoms with Crippen LogP contribution >= 0.6 is 11.3 Å². The fraction of sp³-hybridized carbons (Fsp3) is 0.700. The highest BCUT2D eigenvalue weighted by Gasteiger charge is 2.26. The Balaban J connectivity index is 1.63. The third-order valence-electron chi connectivity index (χ3n) is 2.59. The number of aryl methyl sites for hydroxylation is 1. The molecule has 2 rings (SSSR count). The minimum atomic E-state index is -0.0380. The molecule has 1 aliphatic rings. The van der Waals surface area contributed by atoms with Gasteiger partial charge in [-0.05, 0) is 32.2 Å². The smallest absolute Gasteiger partial charge is 0.107 e. The maximum atomic E-state index is 9.10. The fourth-order valence-electron chi connectivity index (χ4n) is 1.73. The maximum absolute atomic E-state index is 9.10. The Hall–Kier alpha value is -0.450. The van der Waals surface area contributed by atoms with Gasteiger partial charge in [-0.2, -0.15) is 0 Å². The molecule has 4 heteroatoms. The van der Waals surface area contributed by atoms with E-state index in [-0.39, 0.29) is 6.10 Å². The van der Waals surface area contributed by atoms with Gasteiger partial charge >= 0.3 is 0 Å². The molecule has 78 valence electrons. The van der Waals surface area contributed by atoms with Crippen LogP contribution in [0, 0.1) is 12.8 Å². The Morgan fingerprint density at radius 2 is 2.43 bits per heavy atom. The van der Waals surface area contributed by atoms with Gasteiger partial charge in [0.1, 0.15) is 5.01 Å². The number of hydrogen-bond acceptors (Lipinski definition) is 4. The Morgan fingerprint density at radius 1 is 1.64 bits per heavy atom. The highest BCUT2D eigenvalue weighted by molar-refractivity contribution is 7.09. The molecule has 0 unspecified atom stereocenters. The minimum absolute atomic E-state index is 0.0380. The number of aliphatic hydroxyl groups excluding tert-OH is 1. The van der Waals surface area contributed by atoms with E-state index in [1.54, 1.807) is 11.3 Å². The van der Waals surface area contributed by atoms with Gasteiger partial charge in [0.05, 0.1) is 6.10 Å². The molecule has 0 spiro atoms. The highest BCUT2D eigenvalue weighted by atomic mass is 32.1. The minimum Gasteiger partial charge on any atom is -0.393 e. The molecule has 3 nitrogen and oxygen atoms in total. The zero-order valence-corrected chi connectivity index (χ0v) is 9.18. The molecule has 2 N–H and O–H groups in total. The fourth-order valence-corrected chi connectivity index (χ4v) is 2.48. The number of hydrogen-bond donors (Lipinski definition) is 2. The molecule has 1 aromatic heterocycles. The lowest BCUT2D eigenvalue weighted by Crippen LogP contribution is -2.35. The number of aromatic nitrogens is 1. The van der Waals surface area contributed by atoms with Gasteiger partial charge in [-0.15, -0.1) is 11.3 Å². The first-order chi connectivity index (χ1) is 6.74. The summed E-state index contributed by atoms with van der Waals surface area (Å²) in [4.78, 5) is 4.37. The molecule has 0 saturated heterocycles. The van der Waals surface area contributed by atoms with Crippen LogP contribution in [0.3, 0.4) is 0 Å². The van der Waals surface area contributed by atoms with E-state index in [1.165, 1.54) is 0 Å². The summed E-state index contributed by atoms with van der Waals surface area (Å²) >= 11 is 1.70. The normalized spacial score (nSPS) is 26.1. The quantitative estimate of drug-likeness (QED) is 0.791. The monoisotopic (exact) mass is 212 g/mol. The summed E-state index contributed by atoms with van der Waals surface area (Å²) in [6, 6.07) is 0. The first kappa shape index (κ1) is 10.1. The number of aliphatic hydroxyl groups is 1. The van der Waals surface area contributed by atoms with E-state index < -0.39 is 0 Å². The Morgan fingerprint density at radius 3 is 3.00 bits per heavy atom. The van der Waals surface area contributed by atoms with Gasteiger partial charge in [0.15, 0.2) is 0 Å². The summed E-state index contributed by atoms with van der Waals surface area (Å²) in [5.74, 6) is 0.672. The van der Waals surface area contributed by atoms with Crippen molar-refractivity contribution in [1.29, 1.82) is 0 Å². The van der Waals surface area contributed by atoms with Gasteiger partial charge in [-0.25, -0.2) is 4.98 Å². The second-order valence-electron chi connectivity index (χ2n) is 4.00. The van der Waals surface area contributed by atoms with Crippen molar-refractivity contribution in [1.82, 2.24) is 10.3 Å². The summed E-state index contributed by atoms with van der Waals surface area (Å²) in [7, 11) is 0. The van der Waals surface area contributed by atoms with Crippen LogP contribution in [-0.2, 0) is 6.54 Å². The van der Waals surface area contributed by atoms with Gasteiger partial charge in [0, 0.05) is 17.6 Å². The molecule has 1 saturated carbocycles. The lowest BCUT2D eigenvalue weighted by molar-refractivity contribution is 0.0430. The summed E-state index contributed by atoms with van der Waals surface area (Å²) in [6.45, 7) is 3.89. The molecule has 0 radical (unpaired) electrons. The zero-order valence-electron chi connectivity index (χ0n) is 8.36. The first-order valence-corrected chi connectivity index (χ1v) is 5.92. The lowest BCUT2D eigenvalue weighted by Gasteiger charge is -2.31. The van der Waals surface area contributed by atoms with E-state index in [9.17, 15) is 0 Å². The van der Waals surface area contributed by atoms with Crippen LogP contribution in [0.15, 0.2) is 5.38 Å². The van der Waals surface area contributed by atoms with Crippen molar-refractivity contribution in [2.75, 3.05) is 6.54 Å². The summed E-state index contributed by atoms with van der Waals surface area (Å²) in [6.07, 6.45) is 1.89. The molecule has 0 aliphatic heterocycles. The standard InChI is InChI=1S/C10H16N2OS/c1-7-6-14-10(12-7)5-11-4-8-2-9(13)3-8/h6,8-9,11,13H,2-5H2,1H3. The molecule has 1 aliphatic carbocycles. The van der Waals surface area contributed by atoms with Crippen LogP contribution in [0.4, 0.5) is 0 Å². The lowest BCUT2D eigenvalue weighted by atomic mass is 9.82. The molecular formula is C10H16N2OS. The third-order valence-corrected chi connectivity index (χ3v) is 3.55. The molecule has 14 heavy (non-hydrogen) atoms. The molecule has 0 amide bonds. The predicted octanol–water partition coefficient (Wildman–Crippen LogP) is 1.31. The molecule has 1 aromatic rings. The molecular weight excluding hydrogens is 196 g/mol. The van der Waals surface area contributed by atoms with Crippen molar-refractivity contribution in [3.05, 3.63) is 16.1 Å². The van der Waals surface area contributed by atoms with Crippen molar-refractivity contribution >= 4 is 11.3 Å². The van der Waals surface area contributed by atoms with Crippen LogP contribution < -0.4 is 5.32 Å². The van der Waals surface area contributed by atoms with Crippen molar-refractivity contribution in [3.8, 4) is 0 Å². The largest absolute Gasteiger partial charge is 0.393 e. The zero-order chi connectivity index (χ0) is 9.97. The van der Waals surface area contributed by atoms with Crippen LogP contribution in [0.25, 0.3) is 0 Å². The average Bonchev–Trinajstić information content (AvgIpc) is 2.48. The predicted molar refractivity (Wildman–Crippen MR) is 57.3 cm³/mol. The van der Waals surface area contributed by atoms with Gasteiger partial charge < -0.3 is 10.4 Å². The van der Waals surface area contributed by atoms with Gasteiger partial charge in [-0.1, -0.05) is 0 Å². The summed E-state index contributed by atoms with van der Waals surface area (Å²) in [5.41, 5.74) is 1.10. The van der Waals surface area contributed by atoms with Gasteiger partial charge in [-0.3, -0.25) is 0 Å². The SMILES string of the molecule is Cc1csc(CNCC2CC(O)C2)n1. The second-order valence-corrected chi connectivity index (χ2v) is 4.95. The summed E-state index contributed by atoms with van der Waals surface area (Å²) < 4.78 is 0. The number of nitrogens with one attached hydrogen (secondary N) is 1. The van der Waals surface area contributed by atoms with Gasteiger partial charge in [0.25, 0.3) is 0 Å². The number of nitrogens with zero attached hydrogens (tertiary/aromatic N) is 1. The molecule has 1 fully saturated rings. The van der Waals surface area contributed by atoms with Crippen molar-refractivity contribution in [2.45, 2.75) is 32.4 Å². The number of rotatable bonds is 4. The summed E-state index contributed by atoms with van der Waals surface area (Å²) in [5, 5.41) is 15.7. The Labute approximate surface area is 88.2 Å². The molecule has 1 heterocycles. The van der Waals surface area contributed by atoms with E-state index in [0.29, 0.717) is 5.92 Å². The van der Waals surface area contributed by atoms with Crippen LogP contribution in [-0.4, -0.2) is 22.7 Å². The van der Waals surface area contributed by atoms with Crippen molar-refractivity contribution in [2.24, 2.45) is 5.92 Å². The van der Waals surface area contributed by atoms with Crippen molar-refractivity contribution < 1.29 is 5.11 Å². The van der Waals surface area contributed by atoms with E-state index in [1.807, 2.05) is 6.92 Å². The average molecular weight is 212 g/mol. The van der Waals surface area contributed by atoms with E-state index in [0.717, 1.165) is 36.6 Å². The van der Waals surface area contributed by atoms with E-state index in [2.05, 4.69) is 15.7 Å². The van der Waals surface area contributed by atoms with E-state index in [4.69, 9.17) is 5.11 Å². The highest BCUT2D eigenvalue weighted by Crippen LogP contribution is 2.26.